The van der Waals surface area contributed by atoms with Gasteiger partial charge in [0.2, 0.25) is 0 Å². The van der Waals surface area contributed by atoms with Crippen LogP contribution in [-0.2, 0) is 20.7 Å². The topological polar surface area (TPSA) is 65.1 Å². The first kappa shape index (κ1) is 18.8. The maximum absolute atomic E-state index is 12.6. The molecule has 1 aliphatic rings. The molecule has 2 aromatic carbocycles. The number of benzene rings is 2. The van der Waals surface area contributed by atoms with Crippen molar-refractivity contribution in [3.63, 3.8) is 0 Å². The zero-order chi connectivity index (χ0) is 19.2. The molecule has 0 bridgehead atoms. The maximum Gasteiger partial charge on any atom is 0.347 e. The highest BCUT2D eigenvalue weighted by Crippen LogP contribution is 2.30. The normalized spacial score (nSPS) is 14.1. The van der Waals surface area contributed by atoms with Gasteiger partial charge in [-0.3, -0.25) is 4.79 Å². The number of amides is 1. The quantitative estimate of drug-likeness (QED) is 0.733. The second kappa shape index (κ2) is 8.58. The summed E-state index contributed by atoms with van der Waals surface area (Å²) >= 11 is 0. The van der Waals surface area contributed by atoms with Crippen molar-refractivity contribution in [1.82, 2.24) is 0 Å². The van der Waals surface area contributed by atoms with Gasteiger partial charge < -0.3 is 19.1 Å². The number of rotatable bonds is 6. The van der Waals surface area contributed by atoms with E-state index >= 15 is 0 Å². The number of carbonyl (C=O) groups is 2. The fraction of sp³-hybridized carbons (Fsp3) is 0.333. The minimum absolute atomic E-state index is 0.249. The predicted molar refractivity (Wildman–Crippen MR) is 101 cm³/mol. The van der Waals surface area contributed by atoms with Gasteiger partial charge in [0.25, 0.3) is 5.91 Å². The summed E-state index contributed by atoms with van der Waals surface area (Å²) in [6.07, 6.45) is 0.948. The number of aryl methyl sites for hydroxylation is 1. The van der Waals surface area contributed by atoms with Crippen LogP contribution in [0.1, 0.15) is 18.9 Å². The lowest BCUT2D eigenvalue weighted by Gasteiger charge is -2.29. The molecule has 0 radical (unpaired) electrons. The highest BCUT2D eigenvalue weighted by molar-refractivity contribution is 5.96. The summed E-state index contributed by atoms with van der Waals surface area (Å²) < 4.78 is 15.9. The molecule has 0 fully saturated rings. The van der Waals surface area contributed by atoms with Crippen molar-refractivity contribution in [1.29, 1.82) is 0 Å². The fourth-order valence-corrected chi connectivity index (χ4v) is 3.04. The summed E-state index contributed by atoms with van der Waals surface area (Å²) in [5.74, 6) is 0.522. The molecule has 6 heteroatoms. The first-order valence-electron chi connectivity index (χ1n) is 8.94. The molecule has 3 rings (SSSR count). The van der Waals surface area contributed by atoms with Crippen LogP contribution in [0, 0.1) is 0 Å². The molecule has 1 heterocycles. The Labute approximate surface area is 158 Å². The summed E-state index contributed by atoms with van der Waals surface area (Å²) in [4.78, 5) is 26.4. The van der Waals surface area contributed by atoms with Crippen LogP contribution >= 0.6 is 0 Å². The average molecular weight is 369 g/mol. The fourth-order valence-electron chi connectivity index (χ4n) is 3.04. The maximum atomic E-state index is 12.6. The van der Waals surface area contributed by atoms with Crippen LogP contribution in [-0.4, -0.2) is 38.2 Å². The molecule has 0 aliphatic carbocycles. The monoisotopic (exact) mass is 369 g/mol. The van der Waals surface area contributed by atoms with Gasteiger partial charge in [0.05, 0.1) is 7.11 Å². The first-order valence-corrected chi connectivity index (χ1v) is 8.94. The van der Waals surface area contributed by atoms with E-state index < -0.39 is 12.1 Å². The van der Waals surface area contributed by atoms with Crippen molar-refractivity contribution in [3.05, 3.63) is 54.1 Å². The lowest BCUT2D eigenvalue weighted by molar-refractivity contribution is -0.154. The standard InChI is InChI=1S/C21H23NO5/c1-15(27-17-8-4-3-5-9-17)21(24)26-14-20(23)22-12-6-7-16-13-18(25-2)10-11-19(16)22/h3-5,8-11,13,15H,6-7,12,14H2,1-2H3. The van der Waals surface area contributed by atoms with Crippen molar-refractivity contribution in [2.75, 3.05) is 25.2 Å². The molecule has 142 valence electrons. The Hall–Kier alpha value is -3.02. The minimum atomic E-state index is -0.793. The van der Waals surface area contributed by atoms with E-state index in [1.54, 1.807) is 31.1 Å². The van der Waals surface area contributed by atoms with Crippen LogP contribution in [0.25, 0.3) is 0 Å². The Kier molecular flexibility index (Phi) is 5.96. The van der Waals surface area contributed by atoms with Crippen molar-refractivity contribution in [3.8, 4) is 11.5 Å². The third-order valence-corrected chi connectivity index (χ3v) is 4.43. The number of hydrogen-bond acceptors (Lipinski definition) is 5. The summed E-state index contributed by atoms with van der Waals surface area (Å²) in [6, 6.07) is 14.7. The van der Waals surface area contributed by atoms with Gasteiger partial charge in [0, 0.05) is 12.2 Å². The molecule has 1 amide bonds. The Morgan fingerprint density at radius 1 is 1.11 bits per heavy atom. The van der Waals surface area contributed by atoms with Crippen molar-refractivity contribution in [2.24, 2.45) is 0 Å². The van der Waals surface area contributed by atoms with Crippen LogP contribution < -0.4 is 14.4 Å². The van der Waals surface area contributed by atoms with Crippen molar-refractivity contribution in [2.45, 2.75) is 25.9 Å². The van der Waals surface area contributed by atoms with Gasteiger partial charge in [-0.25, -0.2) is 4.79 Å². The Morgan fingerprint density at radius 3 is 2.63 bits per heavy atom. The number of nitrogens with zero attached hydrogens (tertiary/aromatic N) is 1. The number of esters is 1. The highest BCUT2D eigenvalue weighted by atomic mass is 16.6. The molecule has 6 nitrogen and oxygen atoms in total. The van der Waals surface area contributed by atoms with Gasteiger partial charge in [0.15, 0.2) is 12.7 Å². The van der Waals surface area contributed by atoms with Crippen LogP contribution in [0.3, 0.4) is 0 Å². The number of hydrogen-bond donors (Lipinski definition) is 0. The second-order valence-corrected chi connectivity index (χ2v) is 6.32. The molecule has 1 atom stereocenters. The molecule has 0 saturated carbocycles. The van der Waals surface area contributed by atoms with Gasteiger partial charge in [-0.2, -0.15) is 0 Å². The summed E-state index contributed by atoms with van der Waals surface area (Å²) in [6.45, 7) is 1.89. The van der Waals surface area contributed by atoms with Crippen molar-refractivity contribution >= 4 is 17.6 Å². The van der Waals surface area contributed by atoms with Gasteiger partial charge in [-0.05, 0) is 55.7 Å². The van der Waals surface area contributed by atoms with E-state index in [1.165, 1.54) is 0 Å². The second-order valence-electron chi connectivity index (χ2n) is 6.32. The molecule has 1 aliphatic heterocycles. The number of fused-ring (bicyclic) bond motifs is 1. The highest BCUT2D eigenvalue weighted by Gasteiger charge is 2.25. The number of methoxy groups -OCH3 is 1. The number of anilines is 1. The average Bonchev–Trinajstić information content (AvgIpc) is 2.71. The van der Waals surface area contributed by atoms with Gasteiger partial charge >= 0.3 is 5.97 Å². The van der Waals surface area contributed by atoms with E-state index in [0.29, 0.717) is 12.3 Å². The Morgan fingerprint density at radius 2 is 1.89 bits per heavy atom. The third-order valence-electron chi connectivity index (χ3n) is 4.43. The molecule has 0 spiro atoms. The zero-order valence-electron chi connectivity index (χ0n) is 15.5. The Balaban J connectivity index is 1.57. The van der Waals surface area contributed by atoms with Gasteiger partial charge in [-0.15, -0.1) is 0 Å². The van der Waals surface area contributed by atoms with E-state index in [9.17, 15) is 9.59 Å². The van der Waals surface area contributed by atoms with Crippen LogP contribution in [0.5, 0.6) is 11.5 Å². The van der Waals surface area contributed by atoms with Crippen LogP contribution in [0.4, 0.5) is 5.69 Å². The van der Waals surface area contributed by atoms with Gasteiger partial charge in [-0.1, -0.05) is 18.2 Å². The number of carbonyl (C=O) groups excluding carboxylic acids is 2. The first-order chi connectivity index (χ1) is 13.1. The minimum Gasteiger partial charge on any atom is -0.497 e. The van der Waals surface area contributed by atoms with E-state index in [2.05, 4.69) is 0 Å². The van der Waals surface area contributed by atoms with E-state index in [-0.39, 0.29) is 12.5 Å². The predicted octanol–water partition coefficient (Wildman–Crippen LogP) is 2.99. The molecule has 0 aromatic heterocycles. The molecule has 0 N–H and O–H groups in total. The molecule has 2 aromatic rings. The molecule has 1 unspecified atom stereocenters. The number of para-hydroxylation sites is 1. The lowest BCUT2D eigenvalue weighted by atomic mass is 10.0. The molecular weight excluding hydrogens is 346 g/mol. The SMILES string of the molecule is COc1ccc2c(c1)CCCN2C(=O)COC(=O)C(C)Oc1ccccc1. The van der Waals surface area contributed by atoms with Gasteiger partial charge in [0.1, 0.15) is 11.5 Å². The largest absolute Gasteiger partial charge is 0.497 e. The summed E-state index contributed by atoms with van der Waals surface area (Å²) in [5, 5.41) is 0. The van der Waals surface area contributed by atoms with E-state index in [0.717, 1.165) is 29.8 Å². The molecule has 0 saturated heterocycles. The van der Waals surface area contributed by atoms with Crippen LogP contribution in [0.2, 0.25) is 0 Å². The third kappa shape index (κ3) is 4.58. The number of ether oxygens (including phenoxy) is 3. The lowest BCUT2D eigenvalue weighted by Crippen LogP contribution is -2.39. The Bertz CT molecular complexity index is 805. The summed E-state index contributed by atoms with van der Waals surface area (Å²) in [5.41, 5.74) is 1.90. The zero-order valence-corrected chi connectivity index (χ0v) is 15.5. The molecular formula is C21H23NO5. The summed E-state index contributed by atoms with van der Waals surface area (Å²) in [7, 11) is 1.62. The smallest absolute Gasteiger partial charge is 0.347 e. The van der Waals surface area contributed by atoms with E-state index in [4.69, 9.17) is 14.2 Å². The van der Waals surface area contributed by atoms with Crippen LogP contribution in [0.15, 0.2) is 48.5 Å². The van der Waals surface area contributed by atoms with Crippen molar-refractivity contribution < 1.29 is 23.8 Å². The molecule has 27 heavy (non-hydrogen) atoms. The van der Waals surface area contributed by atoms with E-state index in [1.807, 2.05) is 36.4 Å².